The quantitative estimate of drug-likeness (QED) is 0.913. The Morgan fingerprint density at radius 3 is 2.47 bits per heavy atom. The zero-order valence-electron chi connectivity index (χ0n) is 10.7. The third kappa shape index (κ3) is 3.35. The number of hydrogen-bond acceptors (Lipinski definition) is 5. The molecular weight excluding hydrogens is 310 g/mol. The molecule has 0 unspecified atom stereocenters. The second-order valence-corrected chi connectivity index (χ2v) is 4.44. The lowest BCUT2D eigenvalue weighted by molar-refractivity contribution is 0.412. The van der Waals surface area contributed by atoms with Gasteiger partial charge in [-0.25, -0.2) is 9.97 Å². The number of benzene rings is 1. The predicted octanol–water partition coefficient (Wildman–Crippen LogP) is 3.47. The van der Waals surface area contributed by atoms with Crippen LogP contribution in [0.25, 0.3) is 0 Å². The van der Waals surface area contributed by atoms with Crippen molar-refractivity contribution >= 4 is 21.7 Å². The van der Waals surface area contributed by atoms with Crippen LogP contribution in [0.15, 0.2) is 35.1 Å². The van der Waals surface area contributed by atoms with E-state index in [1.807, 2.05) is 31.2 Å². The SMILES string of the molecule is CCNc1ncnc(Oc2ccc(OC)cc2)c1Br. The number of hydrogen-bond donors (Lipinski definition) is 1. The molecule has 0 radical (unpaired) electrons. The molecule has 100 valence electrons. The number of ether oxygens (including phenoxy) is 2. The van der Waals surface area contributed by atoms with Crippen molar-refractivity contribution < 1.29 is 9.47 Å². The highest BCUT2D eigenvalue weighted by Gasteiger charge is 2.10. The number of nitrogens with one attached hydrogen (secondary N) is 1. The maximum absolute atomic E-state index is 5.70. The van der Waals surface area contributed by atoms with Crippen molar-refractivity contribution in [2.75, 3.05) is 19.0 Å². The van der Waals surface area contributed by atoms with Gasteiger partial charge in [-0.15, -0.1) is 0 Å². The van der Waals surface area contributed by atoms with Crippen LogP contribution in [-0.4, -0.2) is 23.6 Å². The molecule has 0 aliphatic heterocycles. The molecule has 0 spiro atoms. The number of methoxy groups -OCH3 is 1. The lowest BCUT2D eigenvalue weighted by Crippen LogP contribution is -2.02. The van der Waals surface area contributed by atoms with E-state index in [9.17, 15) is 0 Å². The first-order chi connectivity index (χ1) is 9.24. The molecule has 19 heavy (non-hydrogen) atoms. The van der Waals surface area contributed by atoms with Gasteiger partial charge in [0.25, 0.3) is 0 Å². The first-order valence-electron chi connectivity index (χ1n) is 5.81. The molecule has 5 nitrogen and oxygen atoms in total. The van der Waals surface area contributed by atoms with E-state index in [2.05, 4.69) is 31.2 Å². The molecule has 0 fully saturated rings. The van der Waals surface area contributed by atoms with Gasteiger partial charge in [-0.05, 0) is 47.1 Å². The molecule has 0 bridgehead atoms. The van der Waals surface area contributed by atoms with E-state index in [-0.39, 0.29) is 0 Å². The minimum absolute atomic E-state index is 0.469. The molecule has 6 heteroatoms. The Morgan fingerprint density at radius 2 is 1.84 bits per heavy atom. The number of halogens is 1. The summed E-state index contributed by atoms with van der Waals surface area (Å²) in [6.07, 6.45) is 1.46. The average Bonchev–Trinajstić information content (AvgIpc) is 2.44. The van der Waals surface area contributed by atoms with E-state index in [4.69, 9.17) is 9.47 Å². The molecule has 0 aliphatic rings. The van der Waals surface area contributed by atoms with E-state index in [0.29, 0.717) is 21.9 Å². The Hall–Kier alpha value is -1.82. The van der Waals surface area contributed by atoms with Gasteiger partial charge >= 0.3 is 0 Å². The smallest absolute Gasteiger partial charge is 0.238 e. The summed E-state index contributed by atoms with van der Waals surface area (Å²) in [5, 5.41) is 3.12. The summed E-state index contributed by atoms with van der Waals surface area (Å²) in [4.78, 5) is 8.24. The van der Waals surface area contributed by atoms with Crippen LogP contribution < -0.4 is 14.8 Å². The van der Waals surface area contributed by atoms with Gasteiger partial charge in [-0.3, -0.25) is 0 Å². The minimum Gasteiger partial charge on any atom is -0.497 e. The molecule has 1 heterocycles. The van der Waals surface area contributed by atoms with Crippen molar-refractivity contribution in [2.45, 2.75) is 6.92 Å². The predicted molar refractivity (Wildman–Crippen MR) is 77.0 cm³/mol. The average molecular weight is 324 g/mol. The lowest BCUT2D eigenvalue weighted by Gasteiger charge is -2.10. The van der Waals surface area contributed by atoms with E-state index in [0.717, 1.165) is 12.3 Å². The van der Waals surface area contributed by atoms with Crippen LogP contribution in [0.1, 0.15) is 6.92 Å². The van der Waals surface area contributed by atoms with Crippen LogP contribution in [0, 0.1) is 0 Å². The molecule has 0 aliphatic carbocycles. The van der Waals surface area contributed by atoms with Crippen molar-refractivity contribution in [3.63, 3.8) is 0 Å². The van der Waals surface area contributed by atoms with Crippen molar-refractivity contribution in [3.05, 3.63) is 35.1 Å². The largest absolute Gasteiger partial charge is 0.497 e. The summed E-state index contributed by atoms with van der Waals surface area (Å²) < 4.78 is 11.5. The van der Waals surface area contributed by atoms with E-state index >= 15 is 0 Å². The molecule has 1 aromatic heterocycles. The Kier molecular flexibility index (Phi) is 4.57. The van der Waals surface area contributed by atoms with E-state index in [1.165, 1.54) is 6.33 Å². The number of nitrogens with zero attached hydrogens (tertiary/aromatic N) is 2. The third-order valence-corrected chi connectivity index (χ3v) is 3.09. The van der Waals surface area contributed by atoms with Gasteiger partial charge in [0, 0.05) is 6.54 Å². The highest BCUT2D eigenvalue weighted by atomic mass is 79.9. The van der Waals surface area contributed by atoms with Crippen molar-refractivity contribution in [1.82, 2.24) is 9.97 Å². The maximum Gasteiger partial charge on any atom is 0.238 e. The Labute approximate surface area is 120 Å². The second kappa shape index (κ2) is 6.38. The van der Waals surface area contributed by atoms with Crippen molar-refractivity contribution in [1.29, 1.82) is 0 Å². The van der Waals surface area contributed by atoms with Gasteiger partial charge < -0.3 is 14.8 Å². The highest BCUT2D eigenvalue weighted by Crippen LogP contribution is 2.32. The van der Waals surface area contributed by atoms with E-state index < -0.39 is 0 Å². The summed E-state index contributed by atoms with van der Waals surface area (Å²) in [5.74, 6) is 2.64. The van der Waals surface area contributed by atoms with Gasteiger partial charge in [-0.2, -0.15) is 0 Å². The molecule has 1 N–H and O–H groups in total. The van der Waals surface area contributed by atoms with Crippen LogP contribution >= 0.6 is 15.9 Å². The molecule has 2 rings (SSSR count). The van der Waals surface area contributed by atoms with Crippen LogP contribution in [0.2, 0.25) is 0 Å². The molecule has 0 saturated heterocycles. The summed E-state index contributed by atoms with van der Waals surface area (Å²) in [6.45, 7) is 2.77. The van der Waals surface area contributed by atoms with Gasteiger partial charge in [0.15, 0.2) is 0 Å². The fraction of sp³-hybridized carbons (Fsp3) is 0.231. The normalized spacial score (nSPS) is 10.1. The minimum atomic E-state index is 0.469. The van der Waals surface area contributed by atoms with Crippen LogP contribution in [0.5, 0.6) is 17.4 Å². The van der Waals surface area contributed by atoms with Crippen molar-refractivity contribution in [3.8, 4) is 17.4 Å². The Bertz CT molecular complexity index is 546. The molecule has 1 aromatic carbocycles. The van der Waals surface area contributed by atoms with Gasteiger partial charge in [0.1, 0.15) is 28.1 Å². The zero-order valence-corrected chi connectivity index (χ0v) is 12.3. The highest BCUT2D eigenvalue weighted by molar-refractivity contribution is 9.10. The summed E-state index contributed by atoms with van der Waals surface area (Å²) in [7, 11) is 1.62. The number of aromatic nitrogens is 2. The Balaban J connectivity index is 2.20. The number of anilines is 1. The standard InChI is InChI=1S/C13H14BrN3O2/c1-3-15-12-11(14)13(17-8-16-12)19-10-6-4-9(18-2)5-7-10/h4-8H,3H2,1-2H3,(H,15,16,17). The first kappa shape index (κ1) is 13.6. The molecule has 2 aromatic rings. The van der Waals surface area contributed by atoms with Crippen LogP contribution in [0.3, 0.4) is 0 Å². The first-order valence-corrected chi connectivity index (χ1v) is 6.60. The summed E-state index contributed by atoms with van der Waals surface area (Å²) >= 11 is 3.43. The molecule has 0 amide bonds. The van der Waals surface area contributed by atoms with Gasteiger partial charge in [0.05, 0.1) is 7.11 Å². The van der Waals surface area contributed by atoms with E-state index in [1.54, 1.807) is 7.11 Å². The van der Waals surface area contributed by atoms with Gasteiger partial charge in [0.2, 0.25) is 5.88 Å². The van der Waals surface area contributed by atoms with Crippen LogP contribution in [0.4, 0.5) is 5.82 Å². The summed E-state index contributed by atoms with van der Waals surface area (Å²) in [5.41, 5.74) is 0. The molecule has 0 saturated carbocycles. The number of rotatable bonds is 5. The third-order valence-electron chi connectivity index (χ3n) is 2.38. The lowest BCUT2D eigenvalue weighted by atomic mass is 10.3. The zero-order chi connectivity index (χ0) is 13.7. The molecule has 0 atom stereocenters. The Morgan fingerprint density at radius 1 is 1.16 bits per heavy atom. The fourth-order valence-electron chi connectivity index (χ4n) is 1.47. The van der Waals surface area contributed by atoms with Crippen LogP contribution in [-0.2, 0) is 0 Å². The second-order valence-electron chi connectivity index (χ2n) is 3.65. The topological polar surface area (TPSA) is 56.3 Å². The van der Waals surface area contributed by atoms with Crippen molar-refractivity contribution in [2.24, 2.45) is 0 Å². The fourth-order valence-corrected chi connectivity index (χ4v) is 1.90. The van der Waals surface area contributed by atoms with Gasteiger partial charge in [-0.1, -0.05) is 0 Å². The molecular formula is C13H14BrN3O2. The maximum atomic E-state index is 5.70. The monoisotopic (exact) mass is 323 g/mol. The summed E-state index contributed by atoms with van der Waals surface area (Å²) in [6, 6.07) is 7.30.